The lowest BCUT2D eigenvalue weighted by Crippen LogP contribution is -2.46. The molecule has 1 aliphatic heterocycles. The molecule has 0 aliphatic carbocycles. The van der Waals surface area contributed by atoms with E-state index >= 15 is 0 Å². The van der Waals surface area contributed by atoms with Crippen molar-refractivity contribution in [3.63, 3.8) is 0 Å². The lowest BCUT2D eigenvalue weighted by molar-refractivity contribution is 0.0867. The number of likely N-dealkylation sites (tertiary alicyclic amines) is 1. The van der Waals surface area contributed by atoms with Crippen LogP contribution in [-0.4, -0.2) is 43.1 Å². The minimum Gasteiger partial charge on any atom is -0.459 e. The van der Waals surface area contributed by atoms with Crippen molar-refractivity contribution < 1.29 is 18.7 Å². The summed E-state index contributed by atoms with van der Waals surface area (Å²) in [5, 5.41) is 2.89. The second kappa shape index (κ2) is 5.57. The van der Waals surface area contributed by atoms with Gasteiger partial charge >= 0.3 is 6.09 Å². The molecule has 1 aromatic rings. The maximum Gasteiger partial charge on any atom is 0.409 e. The largest absolute Gasteiger partial charge is 0.459 e. The van der Waals surface area contributed by atoms with Gasteiger partial charge in [0.05, 0.1) is 13.4 Å². The summed E-state index contributed by atoms with van der Waals surface area (Å²) in [6, 6.07) is 3.37. The Bertz CT molecular complexity index is 408. The summed E-state index contributed by atoms with van der Waals surface area (Å²) < 4.78 is 9.67. The number of piperidine rings is 1. The number of amides is 2. The lowest BCUT2D eigenvalue weighted by Gasteiger charge is -2.31. The average molecular weight is 252 g/mol. The Kier molecular flexibility index (Phi) is 3.86. The van der Waals surface area contributed by atoms with E-state index in [2.05, 4.69) is 10.1 Å². The maximum atomic E-state index is 11.7. The molecule has 0 aromatic carbocycles. The molecule has 1 fully saturated rings. The minimum atomic E-state index is -0.314. The molecule has 1 N–H and O–H groups in total. The van der Waals surface area contributed by atoms with Crippen LogP contribution in [0.3, 0.4) is 0 Å². The summed E-state index contributed by atoms with van der Waals surface area (Å²) in [6.07, 6.45) is 2.60. The molecule has 0 spiro atoms. The van der Waals surface area contributed by atoms with Gasteiger partial charge in [0.2, 0.25) is 0 Å². The molecule has 0 saturated carbocycles. The second-order valence-electron chi connectivity index (χ2n) is 4.18. The number of hydrogen-bond acceptors (Lipinski definition) is 4. The summed E-state index contributed by atoms with van der Waals surface area (Å²) in [4.78, 5) is 24.7. The molecule has 6 nitrogen and oxygen atoms in total. The molecule has 18 heavy (non-hydrogen) atoms. The molecule has 2 amide bonds. The number of nitrogens with one attached hydrogen (secondary N) is 1. The Morgan fingerprint density at radius 2 is 2.17 bits per heavy atom. The number of nitrogens with zero attached hydrogens (tertiary/aromatic N) is 1. The van der Waals surface area contributed by atoms with Gasteiger partial charge in [0.15, 0.2) is 5.76 Å². The number of furan rings is 1. The van der Waals surface area contributed by atoms with Gasteiger partial charge in [-0.3, -0.25) is 4.79 Å². The van der Waals surface area contributed by atoms with Gasteiger partial charge < -0.3 is 19.4 Å². The monoisotopic (exact) mass is 252 g/mol. The van der Waals surface area contributed by atoms with Crippen LogP contribution in [0, 0.1) is 0 Å². The fourth-order valence-corrected chi connectivity index (χ4v) is 2.00. The Hall–Kier alpha value is -1.98. The second-order valence-corrected chi connectivity index (χ2v) is 4.18. The Morgan fingerprint density at radius 3 is 2.72 bits per heavy atom. The quantitative estimate of drug-likeness (QED) is 0.859. The lowest BCUT2D eigenvalue weighted by atomic mass is 10.1. The fourth-order valence-electron chi connectivity index (χ4n) is 2.00. The van der Waals surface area contributed by atoms with Crippen LogP contribution in [0.15, 0.2) is 22.8 Å². The molecule has 1 aliphatic rings. The van der Waals surface area contributed by atoms with Crippen LogP contribution in [0.25, 0.3) is 0 Å². The van der Waals surface area contributed by atoms with E-state index in [4.69, 9.17) is 4.42 Å². The molecule has 0 unspecified atom stereocenters. The molecule has 0 bridgehead atoms. The normalized spacial score (nSPS) is 16.4. The predicted octanol–water partition coefficient (Wildman–Crippen LogP) is 1.24. The van der Waals surface area contributed by atoms with Crippen LogP contribution < -0.4 is 5.32 Å². The van der Waals surface area contributed by atoms with Gasteiger partial charge in [-0.25, -0.2) is 4.79 Å². The summed E-state index contributed by atoms with van der Waals surface area (Å²) in [6.45, 7) is 1.19. The average Bonchev–Trinajstić information content (AvgIpc) is 2.92. The first-order valence-corrected chi connectivity index (χ1v) is 5.88. The first kappa shape index (κ1) is 12.5. The molecule has 2 heterocycles. The van der Waals surface area contributed by atoms with E-state index in [-0.39, 0.29) is 18.0 Å². The zero-order chi connectivity index (χ0) is 13.0. The SMILES string of the molecule is COC(=O)N1CCC(NC(=O)c2ccco2)CC1. The smallest absolute Gasteiger partial charge is 0.409 e. The molecule has 2 rings (SSSR count). The standard InChI is InChI=1S/C12H16N2O4/c1-17-12(16)14-6-4-9(5-7-14)13-11(15)10-3-2-8-18-10/h2-3,8-9H,4-7H2,1H3,(H,13,15). The van der Waals surface area contributed by atoms with Gasteiger partial charge in [-0.1, -0.05) is 0 Å². The summed E-state index contributed by atoms with van der Waals surface area (Å²) >= 11 is 0. The van der Waals surface area contributed by atoms with Crippen LogP contribution in [-0.2, 0) is 4.74 Å². The van der Waals surface area contributed by atoms with E-state index in [0.717, 1.165) is 12.8 Å². The number of hydrogen-bond donors (Lipinski definition) is 1. The van der Waals surface area contributed by atoms with Crippen LogP contribution in [0.5, 0.6) is 0 Å². The van der Waals surface area contributed by atoms with Gasteiger partial charge in [0.1, 0.15) is 0 Å². The first-order valence-electron chi connectivity index (χ1n) is 5.88. The van der Waals surface area contributed by atoms with E-state index in [1.165, 1.54) is 13.4 Å². The van der Waals surface area contributed by atoms with Crippen molar-refractivity contribution in [1.29, 1.82) is 0 Å². The minimum absolute atomic E-state index is 0.0727. The van der Waals surface area contributed by atoms with Crippen LogP contribution in [0.2, 0.25) is 0 Å². The highest BCUT2D eigenvalue weighted by molar-refractivity contribution is 5.91. The molecule has 6 heteroatoms. The van der Waals surface area contributed by atoms with E-state index in [9.17, 15) is 9.59 Å². The molecule has 98 valence electrons. The Labute approximate surface area is 105 Å². The van der Waals surface area contributed by atoms with Crippen molar-refractivity contribution >= 4 is 12.0 Å². The highest BCUT2D eigenvalue weighted by Crippen LogP contribution is 2.12. The zero-order valence-corrected chi connectivity index (χ0v) is 10.2. The van der Waals surface area contributed by atoms with Crippen LogP contribution in [0.1, 0.15) is 23.4 Å². The number of carbonyl (C=O) groups is 2. The third-order valence-corrected chi connectivity index (χ3v) is 3.01. The number of rotatable bonds is 2. The van der Waals surface area contributed by atoms with Gasteiger partial charge in [-0.15, -0.1) is 0 Å². The van der Waals surface area contributed by atoms with Crippen molar-refractivity contribution in [2.75, 3.05) is 20.2 Å². The molecular formula is C12H16N2O4. The summed E-state index contributed by atoms with van der Waals surface area (Å²) in [7, 11) is 1.37. The molecule has 0 atom stereocenters. The topological polar surface area (TPSA) is 71.8 Å². The Balaban J connectivity index is 1.80. The maximum absolute atomic E-state index is 11.7. The molecule has 1 saturated heterocycles. The van der Waals surface area contributed by atoms with Crippen LogP contribution >= 0.6 is 0 Å². The number of carbonyl (C=O) groups excluding carboxylic acids is 2. The van der Waals surface area contributed by atoms with Crippen molar-refractivity contribution in [2.45, 2.75) is 18.9 Å². The number of ether oxygens (including phenoxy) is 1. The highest BCUT2D eigenvalue weighted by Gasteiger charge is 2.24. The first-order chi connectivity index (χ1) is 8.70. The van der Waals surface area contributed by atoms with Gasteiger partial charge in [0.25, 0.3) is 5.91 Å². The number of methoxy groups -OCH3 is 1. The molecular weight excluding hydrogens is 236 g/mol. The van der Waals surface area contributed by atoms with Gasteiger partial charge in [-0.2, -0.15) is 0 Å². The van der Waals surface area contributed by atoms with Gasteiger partial charge in [-0.05, 0) is 25.0 Å². The van der Waals surface area contributed by atoms with Gasteiger partial charge in [0, 0.05) is 19.1 Å². The summed E-state index contributed by atoms with van der Waals surface area (Å²) in [5.74, 6) is 0.0990. The van der Waals surface area contributed by atoms with Crippen molar-refractivity contribution in [3.8, 4) is 0 Å². The van der Waals surface area contributed by atoms with Crippen LogP contribution in [0.4, 0.5) is 4.79 Å². The van der Waals surface area contributed by atoms with E-state index in [0.29, 0.717) is 18.8 Å². The summed E-state index contributed by atoms with van der Waals surface area (Å²) in [5.41, 5.74) is 0. The predicted molar refractivity (Wildman–Crippen MR) is 63.2 cm³/mol. The third-order valence-electron chi connectivity index (χ3n) is 3.01. The van der Waals surface area contributed by atoms with Crippen molar-refractivity contribution in [1.82, 2.24) is 10.2 Å². The van der Waals surface area contributed by atoms with E-state index < -0.39 is 0 Å². The molecule has 0 radical (unpaired) electrons. The third kappa shape index (κ3) is 2.82. The van der Waals surface area contributed by atoms with E-state index in [1.807, 2.05) is 0 Å². The fraction of sp³-hybridized carbons (Fsp3) is 0.500. The molecule has 1 aromatic heterocycles. The highest BCUT2D eigenvalue weighted by atomic mass is 16.5. The van der Waals surface area contributed by atoms with Crippen molar-refractivity contribution in [3.05, 3.63) is 24.2 Å². The zero-order valence-electron chi connectivity index (χ0n) is 10.2. The van der Waals surface area contributed by atoms with Crippen molar-refractivity contribution in [2.24, 2.45) is 0 Å². The Morgan fingerprint density at radius 1 is 1.44 bits per heavy atom. The van der Waals surface area contributed by atoms with E-state index in [1.54, 1.807) is 17.0 Å².